The number of aliphatic carboxylic acids is 1. The van der Waals surface area contributed by atoms with Crippen LogP contribution in [0.5, 0.6) is 11.5 Å². The highest BCUT2D eigenvalue weighted by Crippen LogP contribution is 2.30. The first-order valence-electron chi connectivity index (χ1n) is 18.0. The summed E-state index contributed by atoms with van der Waals surface area (Å²) in [5.41, 5.74) is 3.79. The van der Waals surface area contributed by atoms with Gasteiger partial charge in [0.15, 0.2) is 5.75 Å². The predicted octanol–water partition coefficient (Wildman–Crippen LogP) is 8.40. The Hall–Kier alpha value is -4.53. The lowest BCUT2D eigenvalue weighted by atomic mass is 9.87. The lowest BCUT2D eigenvalue weighted by Crippen LogP contribution is -2.40. The Kier molecular flexibility index (Phi) is 12.1. The van der Waals surface area contributed by atoms with Crippen LogP contribution in [0.25, 0.3) is 0 Å². The summed E-state index contributed by atoms with van der Waals surface area (Å²) in [6.07, 6.45) is 6.40. The third kappa shape index (κ3) is 9.79. The number of carboxylic acid groups (broad SMARTS) is 1. The Morgan fingerprint density at radius 2 is 1.60 bits per heavy atom. The van der Waals surface area contributed by atoms with Crippen LogP contribution in [0.2, 0.25) is 0 Å². The summed E-state index contributed by atoms with van der Waals surface area (Å²) in [5.74, 6) is -0.573. The highest BCUT2D eigenvalue weighted by atomic mass is 16.7. The van der Waals surface area contributed by atoms with Crippen LogP contribution >= 0.6 is 0 Å². The van der Waals surface area contributed by atoms with E-state index in [2.05, 4.69) is 20.8 Å². The molecule has 2 aliphatic rings. The molecule has 1 aliphatic carbocycles. The van der Waals surface area contributed by atoms with Gasteiger partial charge in [-0.3, -0.25) is 9.59 Å². The summed E-state index contributed by atoms with van der Waals surface area (Å²) in [6, 6.07) is 20.0. The fourth-order valence-corrected chi connectivity index (χ4v) is 6.55. The molecule has 2 amide bonds. The van der Waals surface area contributed by atoms with Crippen LogP contribution in [0.3, 0.4) is 0 Å². The standard InChI is InChI=1S/C41H52N2O7/c1-28(2)27-49-40(47)42-22-20-30-10-11-32(24-33(30)25-42)38(44)43(50-36-18-14-34(15-19-36)41(3,4)5)26-37(39(45)46)31-12-16-35(17-13-31)48-23-21-29-8-6-7-9-29/h10-19,24,28-29,37H,6-9,20-23,25-27H2,1-5H3,(H,45,46). The summed E-state index contributed by atoms with van der Waals surface area (Å²) in [4.78, 5) is 47.5. The van der Waals surface area contributed by atoms with Gasteiger partial charge < -0.3 is 24.3 Å². The molecule has 9 heteroatoms. The van der Waals surface area contributed by atoms with E-state index in [0.29, 0.717) is 55.4 Å². The van der Waals surface area contributed by atoms with Crippen LogP contribution in [0.1, 0.15) is 105 Å². The lowest BCUT2D eigenvalue weighted by Gasteiger charge is -2.29. The number of hydrogen-bond acceptors (Lipinski definition) is 6. The van der Waals surface area contributed by atoms with Crippen LogP contribution in [-0.2, 0) is 27.9 Å². The normalized spacial score (nSPS) is 15.4. The minimum Gasteiger partial charge on any atom is -0.494 e. The Bertz CT molecular complexity index is 1610. The third-order valence-electron chi connectivity index (χ3n) is 9.62. The molecular formula is C41H52N2O7. The number of benzene rings is 3. The van der Waals surface area contributed by atoms with Gasteiger partial charge in [-0.25, -0.2) is 4.79 Å². The summed E-state index contributed by atoms with van der Waals surface area (Å²) < 4.78 is 11.4. The molecule has 50 heavy (non-hydrogen) atoms. The predicted molar refractivity (Wildman–Crippen MR) is 192 cm³/mol. The minimum absolute atomic E-state index is 0.0763. The molecule has 1 N–H and O–H groups in total. The Morgan fingerprint density at radius 1 is 0.920 bits per heavy atom. The molecule has 9 nitrogen and oxygen atoms in total. The second-order valence-corrected chi connectivity index (χ2v) is 15.1. The topological polar surface area (TPSA) is 106 Å². The highest BCUT2D eigenvalue weighted by molar-refractivity contribution is 5.94. The van der Waals surface area contributed by atoms with E-state index in [9.17, 15) is 19.5 Å². The maximum absolute atomic E-state index is 14.2. The third-order valence-corrected chi connectivity index (χ3v) is 9.62. The smallest absolute Gasteiger partial charge is 0.410 e. The fourth-order valence-electron chi connectivity index (χ4n) is 6.55. The van der Waals surface area contributed by atoms with Crippen LogP contribution < -0.4 is 9.57 Å². The molecule has 1 atom stereocenters. The SMILES string of the molecule is CC(C)COC(=O)N1CCc2ccc(C(=O)N(CC(C(=O)O)c3ccc(OCCC4CCCC4)cc3)Oc3ccc(C(C)(C)C)cc3)cc2C1. The largest absolute Gasteiger partial charge is 0.494 e. The van der Waals surface area contributed by atoms with Crippen molar-refractivity contribution in [1.29, 1.82) is 0 Å². The van der Waals surface area contributed by atoms with E-state index < -0.39 is 17.8 Å². The van der Waals surface area contributed by atoms with Crippen molar-refractivity contribution in [3.05, 3.63) is 94.5 Å². The fraction of sp³-hybridized carbons (Fsp3) is 0.488. The molecule has 3 aromatic rings. The number of rotatable bonds is 13. The van der Waals surface area contributed by atoms with Gasteiger partial charge in [0.1, 0.15) is 11.7 Å². The number of fused-ring (bicyclic) bond motifs is 1. The second-order valence-electron chi connectivity index (χ2n) is 15.1. The highest BCUT2D eigenvalue weighted by Gasteiger charge is 2.30. The molecule has 1 unspecified atom stereocenters. The molecule has 5 rings (SSSR count). The van der Waals surface area contributed by atoms with Gasteiger partial charge in [-0.05, 0) is 88.7 Å². The van der Waals surface area contributed by atoms with Crippen molar-refractivity contribution >= 4 is 18.0 Å². The van der Waals surface area contributed by atoms with Gasteiger partial charge in [0, 0.05) is 18.7 Å². The maximum Gasteiger partial charge on any atom is 0.410 e. The number of amides is 2. The molecular weight excluding hydrogens is 632 g/mol. The minimum atomic E-state index is -1.08. The molecule has 1 heterocycles. The molecule has 0 bridgehead atoms. The molecule has 1 aliphatic heterocycles. The van der Waals surface area contributed by atoms with E-state index in [1.807, 2.05) is 32.0 Å². The number of carbonyl (C=O) groups is 3. The first-order chi connectivity index (χ1) is 23.9. The molecule has 1 fully saturated rings. The van der Waals surface area contributed by atoms with Crippen molar-refractivity contribution in [3.8, 4) is 11.5 Å². The van der Waals surface area contributed by atoms with Gasteiger partial charge in [-0.1, -0.05) is 90.6 Å². The Balaban J connectivity index is 1.36. The average molecular weight is 685 g/mol. The van der Waals surface area contributed by atoms with Gasteiger partial charge in [-0.2, -0.15) is 5.06 Å². The van der Waals surface area contributed by atoms with Gasteiger partial charge >= 0.3 is 12.1 Å². The van der Waals surface area contributed by atoms with E-state index in [0.717, 1.165) is 34.1 Å². The molecule has 268 valence electrons. The molecule has 0 spiro atoms. The van der Waals surface area contributed by atoms with Gasteiger partial charge in [0.05, 0.1) is 19.8 Å². The first kappa shape index (κ1) is 36.7. The molecule has 0 radical (unpaired) electrons. The quantitative estimate of drug-likeness (QED) is 0.180. The van der Waals surface area contributed by atoms with Crippen molar-refractivity contribution in [3.63, 3.8) is 0 Å². The van der Waals surface area contributed by atoms with E-state index in [1.165, 1.54) is 25.7 Å². The molecule has 1 saturated carbocycles. The van der Waals surface area contributed by atoms with Crippen LogP contribution in [0.15, 0.2) is 66.7 Å². The van der Waals surface area contributed by atoms with Crippen molar-refractivity contribution in [2.45, 2.75) is 91.0 Å². The van der Waals surface area contributed by atoms with Crippen LogP contribution in [0.4, 0.5) is 4.79 Å². The zero-order chi connectivity index (χ0) is 35.8. The summed E-state index contributed by atoms with van der Waals surface area (Å²) in [5, 5.41) is 11.5. The van der Waals surface area contributed by atoms with Crippen molar-refractivity contribution in [2.24, 2.45) is 11.8 Å². The summed E-state index contributed by atoms with van der Waals surface area (Å²) >= 11 is 0. The van der Waals surface area contributed by atoms with E-state index >= 15 is 0 Å². The number of hydrogen-bond donors (Lipinski definition) is 1. The van der Waals surface area contributed by atoms with Gasteiger partial charge in [-0.15, -0.1) is 0 Å². The summed E-state index contributed by atoms with van der Waals surface area (Å²) in [6.45, 7) is 11.9. The number of carboxylic acids is 1. The van der Waals surface area contributed by atoms with E-state index in [4.69, 9.17) is 14.3 Å². The number of hydroxylamine groups is 2. The zero-order valence-corrected chi connectivity index (χ0v) is 30.2. The Labute approximate surface area is 296 Å². The van der Waals surface area contributed by atoms with Crippen molar-refractivity contribution in [1.82, 2.24) is 9.96 Å². The summed E-state index contributed by atoms with van der Waals surface area (Å²) in [7, 11) is 0. The van der Waals surface area contributed by atoms with Gasteiger partial charge in [0.2, 0.25) is 0 Å². The zero-order valence-electron chi connectivity index (χ0n) is 30.2. The number of nitrogens with zero attached hydrogens (tertiary/aromatic N) is 2. The number of carbonyl (C=O) groups excluding carboxylic acids is 2. The Morgan fingerprint density at radius 3 is 2.24 bits per heavy atom. The lowest BCUT2D eigenvalue weighted by molar-refractivity contribution is -0.141. The van der Waals surface area contributed by atoms with Crippen LogP contribution in [0, 0.1) is 11.8 Å². The second kappa shape index (κ2) is 16.5. The monoisotopic (exact) mass is 684 g/mol. The maximum atomic E-state index is 14.2. The molecule has 0 aromatic heterocycles. The van der Waals surface area contributed by atoms with Crippen LogP contribution in [-0.4, -0.2) is 59.3 Å². The van der Waals surface area contributed by atoms with E-state index in [1.54, 1.807) is 53.4 Å². The first-order valence-corrected chi connectivity index (χ1v) is 18.0. The average Bonchev–Trinajstić information content (AvgIpc) is 3.62. The molecule has 3 aromatic carbocycles. The van der Waals surface area contributed by atoms with Crippen molar-refractivity contribution < 1.29 is 33.8 Å². The van der Waals surface area contributed by atoms with Gasteiger partial charge in [0.25, 0.3) is 5.91 Å². The number of ether oxygens (including phenoxy) is 2. The van der Waals surface area contributed by atoms with E-state index in [-0.39, 0.29) is 24.0 Å². The van der Waals surface area contributed by atoms with Crippen molar-refractivity contribution in [2.75, 3.05) is 26.3 Å². The molecule has 0 saturated heterocycles.